The van der Waals surface area contributed by atoms with Crippen molar-refractivity contribution in [2.45, 2.75) is 18.9 Å². The summed E-state index contributed by atoms with van der Waals surface area (Å²) in [5, 5.41) is 8.91. The monoisotopic (exact) mass is 528 g/mol. The van der Waals surface area contributed by atoms with E-state index in [2.05, 4.69) is 26.8 Å². The number of likely N-dealkylation sites (tertiary alicyclic amines) is 1. The predicted octanol–water partition coefficient (Wildman–Crippen LogP) is 3.97. The van der Waals surface area contributed by atoms with Gasteiger partial charge in [0.2, 0.25) is 5.91 Å². The number of benzene rings is 1. The first-order valence-electron chi connectivity index (χ1n) is 12.3. The molecule has 2 atom stereocenters. The fraction of sp³-hybridized carbons (Fsp3) is 0.259. The van der Waals surface area contributed by atoms with Crippen LogP contribution in [0.3, 0.4) is 0 Å². The molecule has 3 aromatic heterocycles. The highest BCUT2D eigenvalue weighted by atomic mass is 35.5. The molecule has 1 saturated heterocycles. The second kappa shape index (κ2) is 9.53. The van der Waals surface area contributed by atoms with Gasteiger partial charge in [0.15, 0.2) is 5.65 Å². The van der Waals surface area contributed by atoms with Gasteiger partial charge in [0.25, 0.3) is 5.91 Å². The lowest BCUT2D eigenvalue weighted by Gasteiger charge is -2.18. The molecule has 192 valence electrons. The fourth-order valence-corrected chi connectivity index (χ4v) is 5.76. The number of hydrogen-bond donors (Lipinski definition) is 2. The summed E-state index contributed by atoms with van der Waals surface area (Å²) >= 11 is 5.87. The van der Waals surface area contributed by atoms with E-state index in [1.165, 1.54) is 18.6 Å². The lowest BCUT2D eigenvalue weighted by molar-refractivity contribution is -0.125. The highest BCUT2D eigenvalue weighted by Crippen LogP contribution is 2.45. The van der Waals surface area contributed by atoms with Gasteiger partial charge in [0, 0.05) is 30.4 Å². The summed E-state index contributed by atoms with van der Waals surface area (Å²) in [7, 11) is 0. The van der Waals surface area contributed by atoms with Crippen LogP contribution in [0.15, 0.2) is 61.6 Å². The number of carbonyl (C=O) groups excluding carboxylic acids is 2. The molecule has 4 aromatic rings. The Kier molecular flexibility index (Phi) is 6.03. The Morgan fingerprint density at radius 2 is 1.79 bits per heavy atom. The maximum atomic E-state index is 12.7. The molecule has 38 heavy (non-hydrogen) atoms. The topological polar surface area (TPSA) is 132 Å². The van der Waals surface area contributed by atoms with Crippen LogP contribution in [-0.2, 0) is 4.79 Å². The molecule has 10 nitrogen and oxygen atoms in total. The molecule has 1 aromatic carbocycles. The molecule has 2 amide bonds. The minimum atomic E-state index is -0.286. The quantitative estimate of drug-likeness (QED) is 0.374. The summed E-state index contributed by atoms with van der Waals surface area (Å²) in [6, 6.07) is 10.6. The number of amides is 2. The summed E-state index contributed by atoms with van der Waals surface area (Å²) in [4.78, 5) is 39.5. The number of pyridine rings is 1. The smallest absolute Gasteiger partial charge is 0.256 e. The van der Waals surface area contributed by atoms with Gasteiger partial charge >= 0.3 is 0 Å². The Morgan fingerprint density at radius 3 is 2.45 bits per heavy atom. The predicted molar refractivity (Wildman–Crippen MR) is 144 cm³/mol. The van der Waals surface area contributed by atoms with Gasteiger partial charge in [-0.3, -0.25) is 9.59 Å². The van der Waals surface area contributed by atoms with Crippen LogP contribution in [0.1, 0.15) is 29.2 Å². The molecular formula is C27H25ClN8O2. The van der Waals surface area contributed by atoms with Gasteiger partial charge in [0.05, 0.1) is 16.5 Å². The summed E-state index contributed by atoms with van der Waals surface area (Å²) in [6.45, 7) is 5.09. The van der Waals surface area contributed by atoms with E-state index in [0.29, 0.717) is 50.8 Å². The third-order valence-corrected chi connectivity index (χ3v) is 7.69. The zero-order chi connectivity index (χ0) is 26.4. The summed E-state index contributed by atoms with van der Waals surface area (Å²) < 4.78 is 1.97. The van der Waals surface area contributed by atoms with E-state index in [1.807, 2.05) is 21.7 Å². The molecule has 2 unspecified atom stereocenters. The molecule has 1 aliphatic carbocycles. The molecule has 0 bridgehead atoms. The first kappa shape index (κ1) is 24.1. The number of carbonyl (C=O) groups is 2. The van der Waals surface area contributed by atoms with Crippen molar-refractivity contribution in [1.82, 2.24) is 29.6 Å². The molecule has 2 aliphatic rings. The van der Waals surface area contributed by atoms with Crippen molar-refractivity contribution in [3.8, 4) is 11.3 Å². The van der Waals surface area contributed by atoms with E-state index in [0.717, 1.165) is 31.5 Å². The van der Waals surface area contributed by atoms with Gasteiger partial charge < -0.3 is 16.0 Å². The van der Waals surface area contributed by atoms with Crippen molar-refractivity contribution in [2.24, 2.45) is 11.8 Å². The van der Waals surface area contributed by atoms with Gasteiger partial charge in [-0.15, -0.1) is 0 Å². The SMILES string of the molecule is C=CC(=O)N1CC2CC(n3nc(-c4ccc(C(=O)Nc5ccc(Cl)cn5)cc4)c4c(N)ncnc43)CC2C1. The summed E-state index contributed by atoms with van der Waals surface area (Å²) in [5.41, 5.74) is 8.94. The van der Waals surface area contributed by atoms with Crippen LogP contribution in [0.5, 0.6) is 0 Å². The number of fused-ring (bicyclic) bond motifs is 2. The number of hydrogen-bond acceptors (Lipinski definition) is 7. The highest BCUT2D eigenvalue weighted by Gasteiger charge is 2.43. The number of nitrogens with zero attached hydrogens (tertiary/aromatic N) is 6. The molecule has 2 fully saturated rings. The normalized spacial score (nSPS) is 20.4. The van der Waals surface area contributed by atoms with Gasteiger partial charge in [-0.25, -0.2) is 19.6 Å². The van der Waals surface area contributed by atoms with Crippen LogP contribution in [0, 0.1) is 11.8 Å². The number of aromatic nitrogens is 5. The number of nitrogens with two attached hydrogens (primary N) is 1. The molecule has 1 aliphatic heterocycles. The van der Waals surface area contributed by atoms with Gasteiger partial charge in [-0.1, -0.05) is 30.3 Å². The number of anilines is 2. The van der Waals surface area contributed by atoms with Gasteiger partial charge in [0.1, 0.15) is 23.7 Å². The van der Waals surface area contributed by atoms with E-state index >= 15 is 0 Å². The molecule has 6 rings (SSSR count). The first-order valence-corrected chi connectivity index (χ1v) is 12.7. The second-order valence-electron chi connectivity index (χ2n) is 9.74. The van der Waals surface area contributed by atoms with Crippen molar-refractivity contribution in [2.75, 3.05) is 24.1 Å². The van der Waals surface area contributed by atoms with Crippen molar-refractivity contribution in [1.29, 1.82) is 0 Å². The minimum Gasteiger partial charge on any atom is -0.383 e. The third kappa shape index (κ3) is 4.26. The van der Waals surface area contributed by atoms with Crippen molar-refractivity contribution < 1.29 is 9.59 Å². The van der Waals surface area contributed by atoms with Crippen LogP contribution in [0.25, 0.3) is 22.3 Å². The number of nitrogens with one attached hydrogen (secondary N) is 1. The Bertz CT molecular complexity index is 1540. The van der Waals surface area contributed by atoms with E-state index in [9.17, 15) is 9.59 Å². The zero-order valence-electron chi connectivity index (χ0n) is 20.4. The molecule has 0 radical (unpaired) electrons. The molecular weight excluding hydrogens is 504 g/mol. The van der Waals surface area contributed by atoms with Gasteiger partial charge in [-0.2, -0.15) is 5.10 Å². The van der Waals surface area contributed by atoms with E-state index < -0.39 is 0 Å². The van der Waals surface area contributed by atoms with E-state index in [4.69, 9.17) is 22.4 Å². The average molecular weight is 529 g/mol. The molecule has 4 heterocycles. The van der Waals surface area contributed by atoms with Crippen LogP contribution in [0.2, 0.25) is 5.02 Å². The fourth-order valence-electron chi connectivity index (χ4n) is 5.65. The molecule has 11 heteroatoms. The zero-order valence-corrected chi connectivity index (χ0v) is 21.2. The standard InChI is InChI=1S/C27H25ClN8O2/c1-2-22(37)35-12-17-9-20(10-18(17)13-35)36-26-23(25(29)31-14-32-26)24(34-36)15-3-5-16(6-4-15)27(38)33-21-8-7-19(28)11-30-21/h2-8,11,14,17-18,20H,1,9-10,12-13H2,(H2,29,31,32)(H,30,33,38). The number of halogens is 1. The molecule has 3 N–H and O–H groups in total. The van der Waals surface area contributed by atoms with Crippen molar-refractivity contribution in [3.05, 3.63) is 72.2 Å². The molecule has 1 saturated carbocycles. The van der Waals surface area contributed by atoms with E-state index in [1.54, 1.807) is 24.3 Å². The van der Waals surface area contributed by atoms with Crippen LogP contribution >= 0.6 is 11.6 Å². The Balaban J connectivity index is 1.26. The highest BCUT2D eigenvalue weighted by molar-refractivity contribution is 6.30. The minimum absolute atomic E-state index is 0.00940. The first-order chi connectivity index (χ1) is 18.4. The Hall–Kier alpha value is -4.31. The lowest BCUT2D eigenvalue weighted by Crippen LogP contribution is -2.28. The average Bonchev–Trinajstić information content (AvgIpc) is 3.62. The number of rotatable bonds is 5. The Labute approximate surface area is 223 Å². The van der Waals surface area contributed by atoms with Gasteiger partial charge in [-0.05, 0) is 55.0 Å². The van der Waals surface area contributed by atoms with Crippen molar-refractivity contribution in [3.63, 3.8) is 0 Å². The summed E-state index contributed by atoms with van der Waals surface area (Å²) in [5.74, 6) is 1.30. The maximum absolute atomic E-state index is 12.7. The van der Waals surface area contributed by atoms with Crippen LogP contribution in [-0.4, -0.2) is 54.5 Å². The van der Waals surface area contributed by atoms with E-state index in [-0.39, 0.29) is 17.9 Å². The summed E-state index contributed by atoms with van der Waals surface area (Å²) in [6.07, 6.45) is 6.13. The maximum Gasteiger partial charge on any atom is 0.256 e. The molecule has 0 spiro atoms. The number of nitrogen functional groups attached to an aromatic ring is 1. The lowest BCUT2D eigenvalue weighted by atomic mass is 10.0. The third-order valence-electron chi connectivity index (χ3n) is 7.47. The Morgan fingerprint density at radius 1 is 1.05 bits per heavy atom. The van der Waals surface area contributed by atoms with Crippen LogP contribution in [0.4, 0.5) is 11.6 Å². The largest absolute Gasteiger partial charge is 0.383 e. The van der Waals surface area contributed by atoms with Crippen LogP contribution < -0.4 is 11.1 Å². The second-order valence-corrected chi connectivity index (χ2v) is 10.2. The van der Waals surface area contributed by atoms with Crippen molar-refractivity contribution >= 4 is 46.1 Å².